The van der Waals surface area contributed by atoms with Crippen molar-refractivity contribution in [3.63, 3.8) is 0 Å². The van der Waals surface area contributed by atoms with Crippen molar-refractivity contribution in [3.05, 3.63) is 52.9 Å². The zero-order valence-electron chi connectivity index (χ0n) is 19.7. The summed E-state index contributed by atoms with van der Waals surface area (Å²) in [5, 5.41) is 4.49. The maximum atomic E-state index is 13.6. The van der Waals surface area contributed by atoms with Gasteiger partial charge in [0.15, 0.2) is 0 Å². The zero-order valence-corrected chi connectivity index (χ0v) is 19.7. The van der Waals surface area contributed by atoms with Crippen LogP contribution in [-0.2, 0) is 10.2 Å². The molecule has 4 saturated carbocycles. The van der Waals surface area contributed by atoms with Crippen LogP contribution >= 0.6 is 0 Å². The Labute approximate surface area is 200 Å². The molecule has 9 heteroatoms. The van der Waals surface area contributed by atoms with E-state index >= 15 is 0 Å². The number of hydrogen-bond acceptors (Lipinski definition) is 5. The summed E-state index contributed by atoms with van der Waals surface area (Å²) < 4.78 is 48.8. The monoisotopic (exact) mass is 481 g/mol. The van der Waals surface area contributed by atoms with E-state index < -0.39 is 17.0 Å². The van der Waals surface area contributed by atoms with Gasteiger partial charge in [-0.25, -0.2) is 9.97 Å². The van der Waals surface area contributed by atoms with Gasteiger partial charge in [-0.3, -0.25) is 9.67 Å². The molecule has 0 aromatic carbocycles. The van der Waals surface area contributed by atoms with E-state index in [4.69, 9.17) is 19.7 Å². The summed E-state index contributed by atoms with van der Waals surface area (Å²) in [5.74, 6) is 0. The third-order valence-electron chi connectivity index (χ3n) is 8.42. The molecule has 1 atom stereocenters. The van der Waals surface area contributed by atoms with Crippen molar-refractivity contribution in [1.82, 2.24) is 24.7 Å². The molecule has 3 aromatic rings. The van der Waals surface area contributed by atoms with Crippen LogP contribution in [0.3, 0.4) is 0 Å². The molecule has 8 rings (SSSR count). The Morgan fingerprint density at radius 3 is 2.51 bits per heavy atom. The van der Waals surface area contributed by atoms with Crippen LogP contribution < -0.4 is 0 Å². The van der Waals surface area contributed by atoms with E-state index in [0.29, 0.717) is 35.8 Å². The highest BCUT2D eigenvalue weighted by Crippen LogP contribution is 2.78. The van der Waals surface area contributed by atoms with E-state index in [9.17, 15) is 13.2 Å². The molecule has 4 fully saturated rings. The molecule has 4 heterocycles. The number of alkyl halides is 3. The van der Waals surface area contributed by atoms with Crippen LogP contribution in [0, 0.1) is 19.3 Å². The largest absolute Gasteiger partial charge is 0.394 e. The number of fused-ring (bicyclic) bond motifs is 1. The molecular formula is C26H26F3N5O. The molecule has 182 valence electrons. The summed E-state index contributed by atoms with van der Waals surface area (Å²) in [7, 11) is 0. The maximum Gasteiger partial charge on any atom is 0.394 e. The van der Waals surface area contributed by atoms with Crippen molar-refractivity contribution in [2.45, 2.75) is 76.1 Å². The van der Waals surface area contributed by atoms with Gasteiger partial charge < -0.3 is 4.74 Å². The van der Waals surface area contributed by atoms with E-state index in [0.717, 1.165) is 41.1 Å². The molecule has 0 saturated heterocycles. The van der Waals surface area contributed by atoms with E-state index in [1.807, 2.05) is 30.8 Å². The molecule has 0 spiro atoms. The predicted molar refractivity (Wildman–Crippen MR) is 123 cm³/mol. The lowest BCUT2D eigenvalue weighted by Crippen LogP contribution is -2.70. The van der Waals surface area contributed by atoms with E-state index in [1.54, 1.807) is 0 Å². The Hall–Kier alpha value is -2.81. The second-order valence-electron chi connectivity index (χ2n) is 10.9. The van der Waals surface area contributed by atoms with Crippen LogP contribution in [0.15, 0.2) is 24.5 Å². The first-order chi connectivity index (χ1) is 16.7. The molecule has 0 unspecified atom stereocenters. The van der Waals surface area contributed by atoms with Crippen molar-refractivity contribution in [2.24, 2.45) is 5.41 Å². The minimum Gasteiger partial charge on any atom is -0.369 e. The first kappa shape index (κ1) is 21.5. The van der Waals surface area contributed by atoms with Crippen LogP contribution in [0.25, 0.3) is 16.6 Å². The lowest BCUT2D eigenvalue weighted by molar-refractivity contribution is -0.337. The molecule has 4 aliphatic carbocycles. The Balaban J connectivity index is 1.29. The first-order valence-corrected chi connectivity index (χ1v) is 12.3. The number of nitrogens with zero attached hydrogens (tertiary/aromatic N) is 5. The number of ether oxygens (including phenoxy) is 1. The van der Waals surface area contributed by atoms with Crippen molar-refractivity contribution < 1.29 is 17.9 Å². The molecule has 3 aromatic heterocycles. The predicted octanol–water partition coefficient (Wildman–Crippen LogP) is 5.70. The average Bonchev–Trinajstić information content (AvgIpc) is 3.48. The molecule has 0 amide bonds. The van der Waals surface area contributed by atoms with Gasteiger partial charge in [0, 0.05) is 17.2 Å². The van der Waals surface area contributed by atoms with Crippen LogP contribution in [-0.4, -0.2) is 37.5 Å². The number of aryl methyl sites for hydroxylation is 2. The van der Waals surface area contributed by atoms with Gasteiger partial charge in [0.2, 0.25) is 0 Å². The van der Waals surface area contributed by atoms with E-state index in [-0.39, 0.29) is 25.4 Å². The van der Waals surface area contributed by atoms with Gasteiger partial charge in [-0.2, -0.15) is 18.3 Å². The lowest BCUT2D eigenvalue weighted by atomic mass is 9.34. The highest BCUT2D eigenvalue weighted by molar-refractivity contribution is 5.83. The average molecular weight is 482 g/mol. The van der Waals surface area contributed by atoms with Gasteiger partial charge in [-0.1, -0.05) is 0 Å². The SMILES string of the molecule is Cc1nc2cc(C3=C[C@H](c4cnn(C5CC5)c4)OCC3)nc([C@]34C[C@](C(F)(F)F)(C3)C4)c2nc1C. The molecule has 0 N–H and O–H groups in total. The summed E-state index contributed by atoms with van der Waals surface area (Å²) in [6.45, 7) is 4.33. The number of halogens is 3. The molecule has 1 aliphatic heterocycles. The fourth-order valence-electron chi connectivity index (χ4n) is 6.16. The van der Waals surface area contributed by atoms with Crippen molar-refractivity contribution in [2.75, 3.05) is 6.61 Å². The smallest absolute Gasteiger partial charge is 0.369 e. The highest BCUT2D eigenvalue weighted by Gasteiger charge is 2.79. The Bertz CT molecular complexity index is 1380. The topological polar surface area (TPSA) is 65.7 Å². The van der Waals surface area contributed by atoms with Crippen molar-refractivity contribution in [3.8, 4) is 0 Å². The molecule has 2 bridgehead atoms. The Morgan fingerprint density at radius 2 is 1.80 bits per heavy atom. The van der Waals surface area contributed by atoms with Gasteiger partial charge >= 0.3 is 6.18 Å². The number of aromatic nitrogens is 5. The number of rotatable bonds is 4. The maximum absolute atomic E-state index is 13.6. The molecule has 35 heavy (non-hydrogen) atoms. The van der Waals surface area contributed by atoms with Gasteiger partial charge in [-0.05, 0) is 70.1 Å². The second-order valence-corrected chi connectivity index (χ2v) is 10.9. The van der Waals surface area contributed by atoms with Gasteiger partial charge in [0.05, 0.1) is 52.6 Å². The second kappa shape index (κ2) is 6.90. The Kier molecular flexibility index (Phi) is 4.23. The van der Waals surface area contributed by atoms with Gasteiger partial charge in [0.25, 0.3) is 0 Å². The Morgan fingerprint density at radius 1 is 1.06 bits per heavy atom. The summed E-state index contributed by atoms with van der Waals surface area (Å²) in [5.41, 5.74) is 4.31. The summed E-state index contributed by atoms with van der Waals surface area (Å²) in [4.78, 5) is 14.5. The van der Waals surface area contributed by atoms with Crippen molar-refractivity contribution >= 4 is 16.6 Å². The van der Waals surface area contributed by atoms with Crippen LogP contribution in [0.2, 0.25) is 0 Å². The molecule has 6 nitrogen and oxygen atoms in total. The van der Waals surface area contributed by atoms with Crippen molar-refractivity contribution in [1.29, 1.82) is 0 Å². The summed E-state index contributed by atoms with van der Waals surface area (Å²) in [6.07, 6.45) is 4.88. The fraction of sp³-hybridized carbons (Fsp3) is 0.538. The van der Waals surface area contributed by atoms with E-state index in [1.165, 1.54) is 0 Å². The molecular weight excluding hydrogens is 455 g/mol. The van der Waals surface area contributed by atoms with Crippen LogP contribution in [0.1, 0.15) is 79.0 Å². The van der Waals surface area contributed by atoms with Crippen LogP contribution in [0.4, 0.5) is 13.2 Å². The molecule has 0 radical (unpaired) electrons. The molecule has 5 aliphatic rings. The summed E-state index contributed by atoms with van der Waals surface area (Å²) >= 11 is 0. The van der Waals surface area contributed by atoms with Gasteiger partial charge in [-0.15, -0.1) is 0 Å². The summed E-state index contributed by atoms with van der Waals surface area (Å²) in [6, 6.07) is 2.43. The minimum atomic E-state index is -4.16. The number of pyridine rings is 1. The minimum absolute atomic E-state index is 0.0921. The van der Waals surface area contributed by atoms with Crippen LogP contribution in [0.5, 0.6) is 0 Å². The van der Waals surface area contributed by atoms with E-state index in [2.05, 4.69) is 17.4 Å². The third kappa shape index (κ3) is 3.13. The van der Waals surface area contributed by atoms with Gasteiger partial charge in [0.1, 0.15) is 11.6 Å². The standard InChI is InChI=1S/C26H26F3N5O/c1-14-15(2)32-22-20(31-14)8-19(33-23(22)24-11-25(12-24,13-24)26(27,28)29)16-5-6-35-21(7-16)17-9-30-34(10-17)18-3-4-18/h7-10,18,21H,3-6,11-13H2,1-2H3/t21-,24-,25+/m1/s1. The fourth-order valence-corrected chi connectivity index (χ4v) is 6.16. The lowest BCUT2D eigenvalue weighted by Gasteiger charge is -2.70. The quantitative estimate of drug-likeness (QED) is 0.478. The highest BCUT2D eigenvalue weighted by atomic mass is 19.4. The normalized spacial score (nSPS) is 30.1. The zero-order chi connectivity index (χ0) is 24.2. The third-order valence-corrected chi connectivity index (χ3v) is 8.42. The first-order valence-electron chi connectivity index (χ1n) is 12.3. The number of hydrogen-bond donors (Lipinski definition) is 0.